The van der Waals surface area contributed by atoms with Crippen LogP contribution in [0.1, 0.15) is 25.5 Å². The van der Waals surface area contributed by atoms with E-state index < -0.39 is 12.0 Å². The maximum atomic E-state index is 13.1. The zero-order valence-corrected chi connectivity index (χ0v) is 14.8. The molecule has 0 unspecified atom stereocenters. The Morgan fingerprint density at radius 2 is 1.73 bits per heavy atom. The van der Waals surface area contributed by atoms with Crippen molar-refractivity contribution in [2.45, 2.75) is 26.0 Å². The van der Waals surface area contributed by atoms with E-state index in [9.17, 15) is 9.59 Å². The number of aromatic nitrogens is 1. The summed E-state index contributed by atoms with van der Waals surface area (Å²) in [4.78, 5) is 37.4. The molecule has 1 aromatic carbocycles. The van der Waals surface area contributed by atoms with Crippen LogP contribution in [0.15, 0.2) is 54.9 Å². The zero-order chi connectivity index (χ0) is 18.3. The number of carbonyl (C=O) groups is 2. The fraction of sp³-hybridized carbons (Fsp3) is 0.350. The van der Waals surface area contributed by atoms with Gasteiger partial charge in [-0.3, -0.25) is 24.3 Å². The molecular weight excluding hydrogens is 330 g/mol. The molecule has 2 aromatic rings. The van der Waals surface area contributed by atoms with Crippen molar-refractivity contribution in [3.63, 3.8) is 0 Å². The molecular formula is C20H21N3O3. The Hall–Kier alpha value is -2.73. The topological polar surface area (TPSA) is 62.7 Å². The standard InChI is InChI=1S/C20H21N3O3/c1-13(2)12-22-19(24)16-17(14-8-10-21-11-9-14)23(26-18(16)20(22)25)15-6-4-3-5-7-15/h3-11,13,16-18H,12H2,1-2H3/t16-,17-,18+/m1/s1. The largest absolute Gasteiger partial charge is 0.280 e. The summed E-state index contributed by atoms with van der Waals surface area (Å²) >= 11 is 0. The highest BCUT2D eigenvalue weighted by Gasteiger charge is 2.59. The number of fused-ring (bicyclic) bond motifs is 1. The van der Waals surface area contributed by atoms with Gasteiger partial charge >= 0.3 is 0 Å². The lowest BCUT2D eigenvalue weighted by atomic mass is 9.91. The van der Waals surface area contributed by atoms with Gasteiger partial charge in [0.25, 0.3) is 5.91 Å². The molecule has 2 fully saturated rings. The maximum Gasteiger partial charge on any atom is 0.262 e. The number of hydrogen-bond acceptors (Lipinski definition) is 5. The van der Waals surface area contributed by atoms with Crippen LogP contribution in [0.3, 0.4) is 0 Å². The van der Waals surface area contributed by atoms with E-state index in [1.807, 2.05) is 56.3 Å². The normalized spacial score (nSPS) is 25.3. The van der Waals surface area contributed by atoms with Crippen LogP contribution in [0, 0.1) is 11.8 Å². The number of benzene rings is 1. The number of amides is 2. The van der Waals surface area contributed by atoms with Crippen molar-refractivity contribution in [3.8, 4) is 0 Å². The number of pyridine rings is 1. The van der Waals surface area contributed by atoms with Gasteiger partial charge in [0.2, 0.25) is 5.91 Å². The molecule has 0 N–H and O–H groups in total. The maximum absolute atomic E-state index is 13.1. The molecule has 2 aliphatic rings. The molecule has 134 valence electrons. The Balaban J connectivity index is 1.75. The number of rotatable bonds is 4. The quantitative estimate of drug-likeness (QED) is 0.793. The van der Waals surface area contributed by atoms with Crippen LogP contribution in [0.4, 0.5) is 5.69 Å². The van der Waals surface area contributed by atoms with Crippen LogP contribution < -0.4 is 5.06 Å². The predicted molar refractivity (Wildman–Crippen MR) is 95.8 cm³/mol. The van der Waals surface area contributed by atoms with E-state index in [0.29, 0.717) is 6.54 Å². The predicted octanol–water partition coefficient (Wildman–Crippen LogP) is 2.58. The van der Waals surface area contributed by atoms with E-state index in [1.165, 1.54) is 4.90 Å². The van der Waals surface area contributed by atoms with Crippen molar-refractivity contribution in [1.29, 1.82) is 0 Å². The van der Waals surface area contributed by atoms with Crippen molar-refractivity contribution in [1.82, 2.24) is 9.88 Å². The molecule has 0 saturated carbocycles. The molecule has 2 amide bonds. The molecule has 26 heavy (non-hydrogen) atoms. The highest BCUT2D eigenvalue weighted by Crippen LogP contribution is 2.46. The van der Waals surface area contributed by atoms with Gasteiger partial charge in [0.1, 0.15) is 5.92 Å². The molecule has 2 aliphatic heterocycles. The Bertz CT molecular complexity index is 810. The molecule has 0 aliphatic carbocycles. The molecule has 4 rings (SSSR count). The fourth-order valence-corrected chi connectivity index (χ4v) is 3.72. The second-order valence-corrected chi connectivity index (χ2v) is 7.12. The number of nitrogens with zero attached hydrogens (tertiary/aromatic N) is 3. The van der Waals surface area contributed by atoms with Crippen molar-refractivity contribution in [2.75, 3.05) is 11.6 Å². The SMILES string of the molecule is CC(C)CN1C(=O)[C@H]2[C@H](ON(c3ccccc3)[C@@H]2c2ccncc2)C1=O. The number of hydrogen-bond donors (Lipinski definition) is 0. The molecule has 6 nitrogen and oxygen atoms in total. The number of carbonyl (C=O) groups excluding carboxylic acids is 2. The second-order valence-electron chi connectivity index (χ2n) is 7.12. The third-order valence-corrected chi connectivity index (χ3v) is 4.81. The minimum Gasteiger partial charge on any atom is -0.280 e. The lowest BCUT2D eigenvalue weighted by molar-refractivity contribution is -0.143. The van der Waals surface area contributed by atoms with Gasteiger partial charge < -0.3 is 0 Å². The van der Waals surface area contributed by atoms with Crippen LogP contribution >= 0.6 is 0 Å². The second kappa shape index (κ2) is 6.53. The van der Waals surface area contributed by atoms with Crippen molar-refractivity contribution in [3.05, 3.63) is 60.4 Å². The highest BCUT2D eigenvalue weighted by atomic mass is 16.7. The summed E-state index contributed by atoms with van der Waals surface area (Å²) in [5.74, 6) is -0.740. The third kappa shape index (κ3) is 2.66. The Kier molecular flexibility index (Phi) is 4.20. The van der Waals surface area contributed by atoms with Crippen LogP contribution in [0.25, 0.3) is 0 Å². The van der Waals surface area contributed by atoms with E-state index >= 15 is 0 Å². The number of para-hydroxylation sites is 1. The zero-order valence-electron chi connectivity index (χ0n) is 14.8. The summed E-state index contributed by atoms with van der Waals surface area (Å²) in [6, 6.07) is 12.9. The van der Waals surface area contributed by atoms with E-state index in [4.69, 9.17) is 4.84 Å². The molecule has 1 aromatic heterocycles. The first-order valence-corrected chi connectivity index (χ1v) is 8.84. The summed E-state index contributed by atoms with van der Waals surface area (Å²) in [7, 11) is 0. The smallest absolute Gasteiger partial charge is 0.262 e. The van der Waals surface area contributed by atoms with Gasteiger partial charge in [0.05, 0.1) is 11.7 Å². The average Bonchev–Trinajstić information content (AvgIpc) is 3.15. The number of anilines is 1. The minimum absolute atomic E-state index is 0.158. The molecule has 0 radical (unpaired) electrons. The first kappa shape index (κ1) is 16.7. The van der Waals surface area contributed by atoms with Gasteiger partial charge in [0.15, 0.2) is 6.10 Å². The number of likely N-dealkylation sites (tertiary alicyclic amines) is 1. The van der Waals surface area contributed by atoms with Gasteiger partial charge in [-0.2, -0.15) is 0 Å². The van der Waals surface area contributed by atoms with Crippen molar-refractivity contribution >= 4 is 17.5 Å². The summed E-state index contributed by atoms with van der Waals surface area (Å²) in [5.41, 5.74) is 1.73. The Morgan fingerprint density at radius 1 is 1.04 bits per heavy atom. The fourth-order valence-electron chi connectivity index (χ4n) is 3.72. The van der Waals surface area contributed by atoms with Gasteiger partial charge in [-0.1, -0.05) is 32.0 Å². The summed E-state index contributed by atoms with van der Waals surface area (Å²) in [6.07, 6.45) is 2.61. The number of hydroxylamine groups is 1. The average molecular weight is 351 g/mol. The van der Waals surface area contributed by atoms with Crippen LogP contribution in [-0.2, 0) is 14.4 Å². The lowest BCUT2D eigenvalue weighted by Crippen LogP contribution is -2.39. The van der Waals surface area contributed by atoms with Crippen LogP contribution in [0.5, 0.6) is 0 Å². The molecule has 0 bridgehead atoms. The first-order valence-electron chi connectivity index (χ1n) is 8.84. The first-order chi connectivity index (χ1) is 12.6. The van der Waals surface area contributed by atoms with Gasteiger partial charge in [-0.15, -0.1) is 0 Å². The van der Waals surface area contributed by atoms with E-state index in [-0.39, 0.29) is 23.8 Å². The van der Waals surface area contributed by atoms with Crippen LogP contribution in [0.2, 0.25) is 0 Å². The van der Waals surface area contributed by atoms with Gasteiger partial charge in [-0.05, 0) is 35.7 Å². The molecule has 6 heteroatoms. The van der Waals surface area contributed by atoms with Gasteiger partial charge in [-0.25, -0.2) is 5.06 Å². The Labute approximate surface area is 152 Å². The van der Waals surface area contributed by atoms with Crippen molar-refractivity contribution in [2.24, 2.45) is 11.8 Å². The third-order valence-electron chi connectivity index (χ3n) is 4.81. The summed E-state index contributed by atoms with van der Waals surface area (Å²) in [5, 5.41) is 1.70. The minimum atomic E-state index is -0.778. The molecule has 2 saturated heterocycles. The van der Waals surface area contributed by atoms with Crippen molar-refractivity contribution < 1.29 is 14.4 Å². The summed E-state index contributed by atoms with van der Waals surface area (Å²) < 4.78 is 0. The van der Waals surface area contributed by atoms with Crippen LogP contribution in [-0.4, -0.2) is 34.3 Å². The monoisotopic (exact) mass is 351 g/mol. The summed E-state index contributed by atoms with van der Waals surface area (Å²) in [6.45, 7) is 4.40. The Morgan fingerprint density at radius 3 is 2.38 bits per heavy atom. The lowest BCUT2D eigenvalue weighted by Gasteiger charge is -2.29. The van der Waals surface area contributed by atoms with Gasteiger partial charge in [0, 0.05) is 18.9 Å². The molecule has 0 spiro atoms. The highest BCUT2D eigenvalue weighted by molar-refractivity contribution is 6.07. The van der Waals surface area contributed by atoms with E-state index in [1.54, 1.807) is 17.5 Å². The van der Waals surface area contributed by atoms with E-state index in [2.05, 4.69) is 4.98 Å². The van der Waals surface area contributed by atoms with E-state index in [0.717, 1.165) is 11.3 Å². The molecule has 3 heterocycles. The molecule has 3 atom stereocenters. The number of imide groups is 1.